The van der Waals surface area contributed by atoms with Gasteiger partial charge in [0.05, 0.1) is 13.2 Å². The summed E-state index contributed by atoms with van der Waals surface area (Å²) in [5.41, 5.74) is 6.02. The highest BCUT2D eigenvalue weighted by Crippen LogP contribution is 2.32. The van der Waals surface area contributed by atoms with Gasteiger partial charge in [0.15, 0.2) is 0 Å². The summed E-state index contributed by atoms with van der Waals surface area (Å²) in [6.07, 6.45) is 9.17. The van der Waals surface area contributed by atoms with E-state index in [2.05, 4.69) is 38.5 Å². The number of rotatable bonds is 11. The lowest BCUT2D eigenvalue weighted by Gasteiger charge is -2.34. The lowest BCUT2D eigenvalue weighted by molar-refractivity contribution is 0.0388. The van der Waals surface area contributed by atoms with Gasteiger partial charge in [-0.15, -0.1) is 0 Å². The van der Waals surface area contributed by atoms with E-state index in [9.17, 15) is 9.59 Å². The van der Waals surface area contributed by atoms with E-state index in [1.807, 2.05) is 39.1 Å². The highest BCUT2D eigenvalue weighted by Gasteiger charge is 2.23. The maximum Gasteiger partial charge on any atom is 0.253 e. The number of carbonyl (C=O) groups excluding carboxylic acids is 1. The van der Waals surface area contributed by atoms with E-state index in [1.54, 1.807) is 0 Å². The third-order valence-electron chi connectivity index (χ3n) is 8.47. The molecule has 0 spiro atoms. The molecule has 41 heavy (non-hydrogen) atoms. The molecular weight excluding hydrogens is 516 g/mol. The number of amides is 1. The summed E-state index contributed by atoms with van der Waals surface area (Å²) >= 11 is 0. The van der Waals surface area contributed by atoms with Crippen molar-refractivity contribution in [3.8, 4) is 0 Å². The predicted octanol–water partition coefficient (Wildman–Crippen LogP) is 3.91. The minimum absolute atomic E-state index is 0.147. The molecule has 2 fully saturated rings. The Kier molecular flexibility index (Phi) is 10.8. The molecule has 0 unspecified atom stereocenters. The first-order valence-corrected chi connectivity index (χ1v) is 14.9. The van der Waals surface area contributed by atoms with Gasteiger partial charge in [-0.2, -0.15) is 0 Å². The molecule has 1 aromatic heterocycles. The summed E-state index contributed by atoms with van der Waals surface area (Å²) in [5, 5.41) is 14.5. The van der Waals surface area contributed by atoms with Gasteiger partial charge in [0, 0.05) is 86.3 Å². The first-order chi connectivity index (χ1) is 19.8. The van der Waals surface area contributed by atoms with Gasteiger partial charge in [0.2, 0.25) is 0 Å². The number of carbonyl (C=O) groups is 1. The molecule has 2 aliphatic rings. The Labute approximate surface area is 243 Å². The van der Waals surface area contributed by atoms with Crippen molar-refractivity contribution >= 4 is 23.4 Å². The van der Waals surface area contributed by atoms with Crippen LogP contribution in [0.2, 0.25) is 0 Å². The Hall–Kier alpha value is -3.43. The van der Waals surface area contributed by atoms with Crippen LogP contribution in [0.25, 0.3) is 5.57 Å². The number of aromatic amines is 1. The zero-order valence-corrected chi connectivity index (χ0v) is 25.1. The number of anilines is 1. The number of morpholine rings is 1. The number of benzene rings is 1. The van der Waals surface area contributed by atoms with Crippen molar-refractivity contribution in [1.29, 1.82) is 5.41 Å². The molecule has 9 heteroatoms. The molecule has 2 aromatic rings. The van der Waals surface area contributed by atoms with Gasteiger partial charge in [-0.05, 0) is 68.5 Å². The van der Waals surface area contributed by atoms with Crippen molar-refractivity contribution in [2.24, 2.45) is 0 Å². The second-order valence-corrected chi connectivity index (χ2v) is 11.3. The third-order valence-corrected chi connectivity index (χ3v) is 8.47. The minimum Gasteiger partial charge on any atom is -0.389 e. The molecule has 2 heterocycles. The van der Waals surface area contributed by atoms with Crippen LogP contribution in [-0.4, -0.2) is 74.5 Å². The maximum atomic E-state index is 13.6. The molecular formula is C32H46N6O3. The molecule has 4 rings (SSSR count). The van der Waals surface area contributed by atoms with Crippen molar-refractivity contribution < 1.29 is 9.53 Å². The second kappa shape index (κ2) is 14.5. The molecule has 222 valence electrons. The fourth-order valence-corrected chi connectivity index (χ4v) is 5.94. The van der Waals surface area contributed by atoms with Gasteiger partial charge in [0.1, 0.15) is 0 Å². The number of allylic oxidation sites excluding steroid dienone is 1. The van der Waals surface area contributed by atoms with Crippen LogP contribution in [0.4, 0.5) is 5.69 Å². The maximum absolute atomic E-state index is 13.6. The average Bonchev–Trinajstić information content (AvgIpc) is 2.97. The Morgan fingerprint density at radius 2 is 1.88 bits per heavy atom. The molecule has 1 aromatic carbocycles. The number of nitrogens with one attached hydrogen (secondary N) is 4. The number of ether oxygens (including phenoxy) is 1. The number of nitrogens with zero attached hydrogens (tertiary/aromatic N) is 2. The molecule has 9 nitrogen and oxygen atoms in total. The molecule has 1 aliphatic carbocycles. The number of hydrogen-bond acceptors (Lipinski definition) is 7. The highest BCUT2D eigenvalue weighted by molar-refractivity contribution is 6.10. The standard InChI is InChI=1S/C32H46N6O3/c1-22-16-23(2)36-32(40)29(22)21-35-31(39)28-17-25(18-30(24(28)3)37(4)27-8-6-5-7-9-27)26(19-33)20-34-10-11-38-12-14-41-15-13-38/h16-20,27,33-34H,5-15,21H2,1-4H3,(H,35,39)(H,36,40)/b26-20+,33-19?. The van der Waals surface area contributed by atoms with Gasteiger partial charge in [-0.3, -0.25) is 14.5 Å². The summed E-state index contributed by atoms with van der Waals surface area (Å²) in [4.78, 5) is 33.7. The van der Waals surface area contributed by atoms with Crippen LogP contribution in [0.3, 0.4) is 0 Å². The quantitative estimate of drug-likeness (QED) is 0.244. The molecule has 0 bridgehead atoms. The number of H-pyrrole nitrogens is 1. The molecule has 4 N–H and O–H groups in total. The Bertz CT molecular complexity index is 1310. The molecule has 0 radical (unpaired) electrons. The van der Waals surface area contributed by atoms with Crippen LogP contribution >= 0.6 is 0 Å². The normalized spacial score (nSPS) is 16.8. The second-order valence-electron chi connectivity index (χ2n) is 11.3. The Morgan fingerprint density at radius 3 is 2.56 bits per heavy atom. The lowest BCUT2D eigenvalue weighted by atomic mass is 9.92. The molecule has 0 atom stereocenters. The molecule has 1 saturated heterocycles. The van der Waals surface area contributed by atoms with Gasteiger partial charge in [0.25, 0.3) is 11.5 Å². The Balaban J connectivity index is 1.60. The highest BCUT2D eigenvalue weighted by atomic mass is 16.5. The summed E-state index contributed by atoms with van der Waals surface area (Å²) in [6, 6.07) is 6.31. The Morgan fingerprint density at radius 1 is 1.15 bits per heavy atom. The van der Waals surface area contributed by atoms with Gasteiger partial charge < -0.3 is 30.7 Å². The minimum atomic E-state index is -0.230. The van der Waals surface area contributed by atoms with E-state index in [0.29, 0.717) is 22.7 Å². The smallest absolute Gasteiger partial charge is 0.253 e. The van der Waals surface area contributed by atoms with E-state index in [4.69, 9.17) is 10.1 Å². The molecule has 1 amide bonds. The lowest BCUT2D eigenvalue weighted by Crippen LogP contribution is -2.39. The van der Waals surface area contributed by atoms with E-state index >= 15 is 0 Å². The predicted molar refractivity (Wildman–Crippen MR) is 166 cm³/mol. The summed E-state index contributed by atoms with van der Waals surface area (Å²) in [6.45, 7) is 10.9. The largest absolute Gasteiger partial charge is 0.389 e. The molecule has 1 aliphatic heterocycles. The van der Waals surface area contributed by atoms with E-state index in [1.165, 1.54) is 25.5 Å². The van der Waals surface area contributed by atoms with Crippen molar-refractivity contribution in [3.05, 3.63) is 68.3 Å². The van der Waals surface area contributed by atoms with Gasteiger partial charge in [-0.1, -0.05) is 19.3 Å². The third kappa shape index (κ3) is 7.86. The monoisotopic (exact) mass is 562 g/mol. The topological polar surface area (TPSA) is 114 Å². The SMILES string of the molecule is Cc1cc(C)c(CNC(=O)c2cc(/C(C=N)=C/NCCN3CCOCC3)cc(N(C)C3CCCCC3)c2C)c(=O)[nH]1. The van der Waals surface area contributed by atoms with Crippen LogP contribution in [0, 0.1) is 26.2 Å². The van der Waals surface area contributed by atoms with E-state index in [-0.39, 0.29) is 18.0 Å². The zero-order chi connectivity index (χ0) is 29.4. The first kappa shape index (κ1) is 30.5. The van der Waals surface area contributed by atoms with Crippen LogP contribution in [0.1, 0.15) is 70.4 Å². The van der Waals surface area contributed by atoms with Gasteiger partial charge >= 0.3 is 0 Å². The summed E-state index contributed by atoms with van der Waals surface area (Å²) in [5.74, 6) is -0.230. The first-order valence-electron chi connectivity index (χ1n) is 14.9. The van der Waals surface area contributed by atoms with Gasteiger partial charge in [-0.25, -0.2) is 0 Å². The van der Waals surface area contributed by atoms with Crippen molar-refractivity contribution in [2.75, 3.05) is 51.3 Å². The number of pyridine rings is 1. The van der Waals surface area contributed by atoms with Crippen LogP contribution in [0.5, 0.6) is 0 Å². The van der Waals surface area contributed by atoms with E-state index < -0.39 is 0 Å². The summed E-state index contributed by atoms with van der Waals surface area (Å²) < 4.78 is 5.44. The number of aryl methyl sites for hydroxylation is 2. The number of aromatic nitrogens is 1. The van der Waals surface area contributed by atoms with Crippen LogP contribution < -0.4 is 21.1 Å². The zero-order valence-electron chi connectivity index (χ0n) is 25.1. The fourth-order valence-electron chi connectivity index (χ4n) is 5.94. The average molecular weight is 563 g/mol. The van der Waals surface area contributed by atoms with Crippen LogP contribution in [-0.2, 0) is 11.3 Å². The molecule has 1 saturated carbocycles. The van der Waals surface area contributed by atoms with E-state index in [0.717, 1.165) is 80.3 Å². The van der Waals surface area contributed by atoms with Crippen molar-refractivity contribution in [3.63, 3.8) is 0 Å². The number of hydrogen-bond donors (Lipinski definition) is 4. The van der Waals surface area contributed by atoms with Crippen molar-refractivity contribution in [1.82, 2.24) is 20.5 Å². The van der Waals surface area contributed by atoms with Crippen LogP contribution in [0.15, 0.2) is 29.2 Å². The summed E-state index contributed by atoms with van der Waals surface area (Å²) in [7, 11) is 2.12. The fraction of sp³-hybridized carbons (Fsp3) is 0.531. The van der Waals surface area contributed by atoms with Crippen molar-refractivity contribution in [2.45, 2.75) is 65.5 Å².